The van der Waals surface area contributed by atoms with Gasteiger partial charge in [-0.1, -0.05) is 36.9 Å². The van der Waals surface area contributed by atoms with E-state index in [1.807, 2.05) is 18.3 Å². The maximum Gasteiger partial charge on any atom is 0.220 e. The molecule has 8 heteroatoms. The lowest BCUT2D eigenvalue weighted by molar-refractivity contribution is -0.148. The van der Waals surface area contributed by atoms with Crippen molar-refractivity contribution in [3.63, 3.8) is 0 Å². The second-order valence-corrected chi connectivity index (χ2v) is 9.19. The van der Waals surface area contributed by atoms with E-state index in [4.69, 9.17) is 26.8 Å². The van der Waals surface area contributed by atoms with Gasteiger partial charge in [0.05, 0.1) is 25.3 Å². The molecule has 31 heavy (non-hydrogen) atoms. The Morgan fingerprint density at radius 3 is 2.94 bits per heavy atom. The molecule has 168 valence electrons. The maximum atomic E-state index is 11.8. The van der Waals surface area contributed by atoms with Gasteiger partial charge in [0.15, 0.2) is 0 Å². The van der Waals surface area contributed by atoms with Gasteiger partial charge < -0.3 is 15.2 Å². The van der Waals surface area contributed by atoms with E-state index in [1.54, 1.807) is 12.1 Å². The summed E-state index contributed by atoms with van der Waals surface area (Å²) in [5, 5.41) is 5.22. The summed E-state index contributed by atoms with van der Waals surface area (Å²) >= 11 is 6.06. The molecular formula is C23H31ClN4O3. The fourth-order valence-corrected chi connectivity index (χ4v) is 4.84. The molecule has 2 N–H and O–H groups in total. The van der Waals surface area contributed by atoms with Crippen LogP contribution in [0.2, 0.25) is 5.02 Å². The van der Waals surface area contributed by atoms with Crippen LogP contribution in [0.1, 0.15) is 50.1 Å². The number of nitrogens with two attached hydrogens (primary N) is 1. The number of carbonyl (C=O) groups is 1. The maximum absolute atomic E-state index is 11.8. The van der Waals surface area contributed by atoms with Crippen molar-refractivity contribution in [1.82, 2.24) is 14.7 Å². The number of morpholine rings is 1. The standard InChI is InChI=1S/C23H31ClN4O3/c24-19-5-4-8-21(11-19)30-17-23(12-22(25)29)16-27(9-10-31-23)14-18-13-26-28(15-18)20-6-2-1-3-7-20/h4-5,8,11,13,15,20H,1-3,6-7,9-10,12,14,16-17H2,(H2,25,29)/t23-/m0/s1. The number of nitrogens with zero attached hydrogens (tertiary/aromatic N) is 3. The minimum Gasteiger partial charge on any atom is -0.490 e. The van der Waals surface area contributed by atoms with Crippen LogP contribution < -0.4 is 10.5 Å². The number of benzene rings is 1. The summed E-state index contributed by atoms with van der Waals surface area (Å²) in [7, 11) is 0. The SMILES string of the molecule is NC(=O)C[C@@]1(COc2cccc(Cl)c2)CN(Cc2cnn(C3CCCCC3)c2)CCO1. The van der Waals surface area contributed by atoms with Gasteiger partial charge in [0, 0.05) is 36.4 Å². The third kappa shape index (κ3) is 5.99. The zero-order valence-electron chi connectivity index (χ0n) is 17.8. The molecule has 1 atom stereocenters. The highest BCUT2D eigenvalue weighted by atomic mass is 35.5. The number of amides is 1. The first kappa shape index (κ1) is 22.1. The van der Waals surface area contributed by atoms with Gasteiger partial charge in [-0.25, -0.2) is 0 Å². The topological polar surface area (TPSA) is 82.6 Å². The van der Waals surface area contributed by atoms with Crippen molar-refractivity contribution in [1.29, 1.82) is 0 Å². The van der Waals surface area contributed by atoms with E-state index in [1.165, 1.54) is 37.7 Å². The first-order chi connectivity index (χ1) is 15.0. The Labute approximate surface area is 188 Å². The van der Waals surface area contributed by atoms with Crippen LogP contribution in [0.3, 0.4) is 0 Å². The first-order valence-corrected chi connectivity index (χ1v) is 11.5. The van der Waals surface area contributed by atoms with Crippen molar-refractivity contribution in [3.05, 3.63) is 47.2 Å². The van der Waals surface area contributed by atoms with Gasteiger partial charge in [0.1, 0.15) is 18.0 Å². The van der Waals surface area contributed by atoms with Crippen molar-refractivity contribution >= 4 is 17.5 Å². The van der Waals surface area contributed by atoms with Crippen LogP contribution in [-0.2, 0) is 16.1 Å². The zero-order chi connectivity index (χ0) is 21.7. The van der Waals surface area contributed by atoms with Gasteiger partial charge >= 0.3 is 0 Å². The molecule has 2 aliphatic rings. The fourth-order valence-electron chi connectivity index (χ4n) is 4.66. The molecule has 7 nitrogen and oxygen atoms in total. The molecule has 0 spiro atoms. The van der Waals surface area contributed by atoms with E-state index in [2.05, 4.69) is 20.9 Å². The highest BCUT2D eigenvalue weighted by Gasteiger charge is 2.39. The lowest BCUT2D eigenvalue weighted by Crippen LogP contribution is -2.56. The second-order valence-electron chi connectivity index (χ2n) is 8.75. The number of primary amides is 1. The first-order valence-electron chi connectivity index (χ1n) is 11.1. The number of hydrogen-bond acceptors (Lipinski definition) is 5. The summed E-state index contributed by atoms with van der Waals surface area (Å²) in [6.45, 7) is 2.85. The van der Waals surface area contributed by atoms with Crippen LogP contribution in [0.4, 0.5) is 0 Å². The molecule has 1 amide bonds. The van der Waals surface area contributed by atoms with Crippen molar-refractivity contribution in [3.8, 4) is 5.75 Å². The second kappa shape index (κ2) is 10.0. The average Bonchev–Trinajstić information content (AvgIpc) is 3.21. The molecular weight excluding hydrogens is 416 g/mol. The summed E-state index contributed by atoms with van der Waals surface area (Å²) in [6.07, 6.45) is 10.6. The Morgan fingerprint density at radius 1 is 1.32 bits per heavy atom. The summed E-state index contributed by atoms with van der Waals surface area (Å²) in [6, 6.07) is 7.73. The van der Waals surface area contributed by atoms with E-state index in [-0.39, 0.29) is 13.0 Å². The number of rotatable bonds is 8. The van der Waals surface area contributed by atoms with Gasteiger partial charge in [-0.3, -0.25) is 14.4 Å². The fraction of sp³-hybridized carbons (Fsp3) is 0.565. The predicted octanol–water partition coefficient (Wildman–Crippen LogP) is 3.57. The third-order valence-corrected chi connectivity index (χ3v) is 6.37. The smallest absolute Gasteiger partial charge is 0.220 e. The van der Waals surface area contributed by atoms with E-state index in [0.717, 1.165) is 13.1 Å². The van der Waals surface area contributed by atoms with Crippen LogP contribution in [-0.4, -0.2) is 52.5 Å². The molecule has 0 radical (unpaired) electrons. The van der Waals surface area contributed by atoms with Crippen LogP contribution in [0.25, 0.3) is 0 Å². The monoisotopic (exact) mass is 446 g/mol. The third-order valence-electron chi connectivity index (χ3n) is 6.13. The summed E-state index contributed by atoms with van der Waals surface area (Å²) in [5.74, 6) is 0.243. The number of aromatic nitrogens is 2. The van der Waals surface area contributed by atoms with E-state index < -0.39 is 11.5 Å². The van der Waals surface area contributed by atoms with Crippen molar-refractivity contribution < 1.29 is 14.3 Å². The van der Waals surface area contributed by atoms with Gasteiger partial charge in [-0.2, -0.15) is 5.10 Å². The lowest BCUT2D eigenvalue weighted by atomic mass is 9.96. The van der Waals surface area contributed by atoms with Gasteiger partial charge in [0.2, 0.25) is 5.91 Å². The molecule has 1 aromatic heterocycles. The molecule has 1 aliphatic heterocycles. The molecule has 1 aliphatic carbocycles. The van der Waals surface area contributed by atoms with E-state index in [0.29, 0.717) is 30.0 Å². The van der Waals surface area contributed by atoms with Crippen LogP contribution in [0, 0.1) is 0 Å². The zero-order valence-corrected chi connectivity index (χ0v) is 18.6. The highest BCUT2D eigenvalue weighted by Crippen LogP contribution is 2.29. The normalized spacial score (nSPS) is 23.0. The highest BCUT2D eigenvalue weighted by molar-refractivity contribution is 6.30. The van der Waals surface area contributed by atoms with Crippen molar-refractivity contribution in [2.24, 2.45) is 5.73 Å². The van der Waals surface area contributed by atoms with Crippen LogP contribution >= 0.6 is 11.6 Å². The minimum absolute atomic E-state index is 0.103. The van der Waals surface area contributed by atoms with E-state index in [9.17, 15) is 4.79 Å². The largest absolute Gasteiger partial charge is 0.490 e. The van der Waals surface area contributed by atoms with Crippen LogP contribution in [0.15, 0.2) is 36.7 Å². The quantitative estimate of drug-likeness (QED) is 0.670. The molecule has 0 unspecified atom stereocenters. The molecule has 1 saturated carbocycles. The Morgan fingerprint density at radius 2 is 2.16 bits per heavy atom. The number of halogens is 1. The van der Waals surface area contributed by atoms with E-state index >= 15 is 0 Å². The minimum atomic E-state index is -0.786. The lowest BCUT2D eigenvalue weighted by Gasteiger charge is -2.41. The Bertz CT molecular complexity index is 883. The average molecular weight is 447 g/mol. The molecule has 1 aromatic carbocycles. The molecule has 0 bridgehead atoms. The molecule has 1 saturated heterocycles. The molecule has 2 fully saturated rings. The van der Waals surface area contributed by atoms with Gasteiger partial charge in [-0.05, 0) is 31.0 Å². The Hall–Kier alpha value is -2.09. The summed E-state index contributed by atoms with van der Waals surface area (Å²) < 4.78 is 14.2. The van der Waals surface area contributed by atoms with Crippen LogP contribution in [0.5, 0.6) is 5.75 Å². The Balaban J connectivity index is 1.41. The summed E-state index contributed by atoms with van der Waals surface area (Å²) in [4.78, 5) is 14.1. The van der Waals surface area contributed by atoms with Gasteiger partial charge in [0.25, 0.3) is 0 Å². The number of hydrogen-bond donors (Lipinski definition) is 1. The van der Waals surface area contributed by atoms with Crippen molar-refractivity contribution in [2.75, 3.05) is 26.3 Å². The van der Waals surface area contributed by atoms with Crippen molar-refractivity contribution in [2.45, 2.75) is 56.7 Å². The molecule has 4 rings (SSSR count). The molecule has 2 heterocycles. The predicted molar refractivity (Wildman–Crippen MR) is 119 cm³/mol. The number of carbonyl (C=O) groups excluding carboxylic acids is 1. The Kier molecular flexibility index (Phi) is 7.15. The number of ether oxygens (including phenoxy) is 2. The summed E-state index contributed by atoms with van der Waals surface area (Å²) in [5.41, 5.74) is 5.95. The van der Waals surface area contributed by atoms with Gasteiger partial charge in [-0.15, -0.1) is 0 Å². The molecule has 2 aromatic rings.